The molecule has 3 N–H and O–H groups in total. The van der Waals surface area contributed by atoms with E-state index in [4.69, 9.17) is 5.73 Å². The average molecular weight is 333 g/mol. The standard InChI is InChI=1S/C16H17BrN2O/c1-9-4-5-14(18)13(6-9)16(20)19-15-10(2)7-12(17)8-11(15)3/h4-8H,18H2,1-3H3,(H,19,20). The van der Waals surface area contributed by atoms with Gasteiger partial charge in [0.1, 0.15) is 0 Å². The fraction of sp³-hybridized carbons (Fsp3) is 0.188. The number of anilines is 2. The van der Waals surface area contributed by atoms with E-state index >= 15 is 0 Å². The molecular weight excluding hydrogens is 316 g/mol. The van der Waals surface area contributed by atoms with Crippen LogP contribution in [0.1, 0.15) is 27.0 Å². The third kappa shape index (κ3) is 3.02. The van der Waals surface area contributed by atoms with Crippen LogP contribution in [0.4, 0.5) is 11.4 Å². The second kappa shape index (κ2) is 5.67. The lowest BCUT2D eigenvalue weighted by atomic mass is 10.1. The predicted molar refractivity (Wildman–Crippen MR) is 87.2 cm³/mol. The molecule has 0 unspecified atom stereocenters. The Balaban J connectivity index is 2.35. The quantitative estimate of drug-likeness (QED) is 0.809. The van der Waals surface area contributed by atoms with E-state index in [1.165, 1.54) is 0 Å². The molecule has 0 saturated carbocycles. The smallest absolute Gasteiger partial charge is 0.257 e. The van der Waals surface area contributed by atoms with Crippen molar-refractivity contribution in [3.05, 3.63) is 57.1 Å². The van der Waals surface area contributed by atoms with Gasteiger partial charge in [-0.15, -0.1) is 0 Å². The van der Waals surface area contributed by atoms with Gasteiger partial charge in [0.2, 0.25) is 0 Å². The number of amides is 1. The number of benzene rings is 2. The number of aryl methyl sites for hydroxylation is 3. The van der Waals surface area contributed by atoms with Gasteiger partial charge in [0.25, 0.3) is 5.91 Å². The number of hydrogen-bond acceptors (Lipinski definition) is 2. The highest BCUT2D eigenvalue weighted by atomic mass is 79.9. The number of rotatable bonds is 2. The summed E-state index contributed by atoms with van der Waals surface area (Å²) in [6, 6.07) is 9.40. The van der Waals surface area contributed by atoms with Crippen molar-refractivity contribution >= 4 is 33.2 Å². The van der Waals surface area contributed by atoms with Gasteiger partial charge in [-0.05, 0) is 56.2 Å². The molecule has 0 aliphatic carbocycles. The topological polar surface area (TPSA) is 55.1 Å². The van der Waals surface area contributed by atoms with Gasteiger partial charge in [0.15, 0.2) is 0 Å². The maximum Gasteiger partial charge on any atom is 0.257 e. The maximum absolute atomic E-state index is 12.4. The minimum atomic E-state index is -0.181. The number of carbonyl (C=O) groups excluding carboxylic acids is 1. The molecule has 0 aliphatic heterocycles. The molecule has 0 radical (unpaired) electrons. The van der Waals surface area contributed by atoms with Crippen molar-refractivity contribution < 1.29 is 4.79 Å². The molecule has 2 aromatic carbocycles. The lowest BCUT2D eigenvalue weighted by Crippen LogP contribution is -2.15. The highest BCUT2D eigenvalue weighted by Crippen LogP contribution is 2.26. The molecule has 0 saturated heterocycles. The molecule has 20 heavy (non-hydrogen) atoms. The zero-order valence-electron chi connectivity index (χ0n) is 11.8. The van der Waals surface area contributed by atoms with Gasteiger partial charge in [0.05, 0.1) is 5.56 Å². The first-order chi connectivity index (χ1) is 9.38. The van der Waals surface area contributed by atoms with Crippen LogP contribution < -0.4 is 11.1 Å². The summed E-state index contributed by atoms with van der Waals surface area (Å²) in [7, 11) is 0. The summed E-state index contributed by atoms with van der Waals surface area (Å²) >= 11 is 3.45. The number of nitrogen functional groups attached to an aromatic ring is 1. The molecule has 0 bridgehead atoms. The lowest BCUT2D eigenvalue weighted by Gasteiger charge is -2.13. The van der Waals surface area contributed by atoms with Crippen molar-refractivity contribution in [3.63, 3.8) is 0 Å². The zero-order chi connectivity index (χ0) is 14.9. The minimum Gasteiger partial charge on any atom is -0.398 e. The molecule has 0 fully saturated rings. The predicted octanol–water partition coefficient (Wildman–Crippen LogP) is 4.21. The van der Waals surface area contributed by atoms with Crippen molar-refractivity contribution in [3.8, 4) is 0 Å². The van der Waals surface area contributed by atoms with Crippen LogP contribution in [-0.2, 0) is 0 Å². The lowest BCUT2D eigenvalue weighted by molar-refractivity contribution is 0.102. The van der Waals surface area contributed by atoms with Gasteiger partial charge in [-0.2, -0.15) is 0 Å². The van der Waals surface area contributed by atoms with Gasteiger partial charge in [-0.3, -0.25) is 4.79 Å². The fourth-order valence-electron chi connectivity index (χ4n) is 2.16. The molecular formula is C16H17BrN2O. The van der Waals surface area contributed by atoms with Crippen molar-refractivity contribution in [2.75, 3.05) is 11.1 Å². The molecule has 0 aromatic heterocycles. The van der Waals surface area contributed by atoms with Gasteiger partial charge in [-0.1, -0.05) is 27.6 Å². The number of carbonyl (C=O) groups is 1. The minimum absolute atomic E-state index is 0.181. The SMILES string of the molecule is Cc1ccc(N)c(C(=O)Nc2c(C)cc(Br)cc2C)c1. The first-order valence-corrected chi connectivity index (χ1v) is 7.12. The Morgan fingerprint density at radius 2 is 1.70 bits per heavy atom. The van der Waals surface area contributed by atoms with Gasteiger partial charge in [-0.25, -0.2) is 0 Å². The van der Waals surface area contributed by atoms with Gasteiger partial charge in [0, 0.05) is 15.8 Å². The summed E-state index contributed by atoms with van der Waals surface area (Å²) in [6.45, 7) is 5.87. The van der Waals surface area contributed by atoms with Gasteiger partial charge >= 0.3 is 0 Å². The van der Waals surface area contributed by atoms with E-state index in [0.29, 0.717) is 11.3 Å². The van der Waals surface area contributed by atoms with Crippen LogP contribution in [0.5, 0.6) is 0 Å². The average Bonchev–Trinajstić information content (AvgIpc) is 2.36. The summed E-state index contributed by atoms with van der Waals surface area (Å²) in [6.07, 6.45) is 0. The largest absolute Gasteiger partial charge is 0.398 e. The Morgan fingerprint density at radius 1 is 1.10 bits per heavy atom. The van der Waals surface area contributed by atoms with E-state index in [2.05, 4.69) is 21.2 Å². The summed E-state index contributed by atoms with van der Waals surface area (Å²) < 4.78 is 1.00. The van der Waals surface area contributed by atoms with Crippen molar-refractivity contribution in [2.24, 2.45) is 0 Å². The molecule has 3 nitrogen and oxygen atoms in total. The third-order valence-corrected chi connectivity index (χ3v) is 3.65. The van der Waals surface area contributed by atoms with Crippen molar-refractivity contribution in [2.45, 2.75) is 20.8 Å². The highest BCUT2D eigenvalue weighted by Gasteiger charge is 2.13. The first-order valence-electron chi connectivity index (χ1n) is 6.32. The normalized spacial score (nSPS) is 10.4. The van der Waals surface area contributed by atoms with E-state index in [1.807, 2.05) is 39.0 Å². The van der Waals surface area contributed by atoms with Crippen LogP contribution in [0.15, 0.2) is 34.8 Å². The summed E-state index contributed by atoms with van der Waals surface area (Å²) in [4.78, 5) is 12.4. The van der Waals surface area contributed by atoms with Gasteiger partial charge < -0.3 is 11.1 Å². The molecule has 2 rings (SSSR count). The molecule has 1 amide bonds. The van der Waals surface area contributed by atoms with E-state index in [9.17, 15) is 4.79 Å². The second-order valence-electron chi connectivity index (χ2n) is 4.96. The van der Waals surface area contributed by atoms with Crippen LogP contribution >= 0.6 is 15.9 Å². The summed E-state index contributed by atoms with van der Waals surface area (Å²) in [5, 5.41) is 2.95. The third-order valence-electron chi connectivity index (χ3n) is 3.19. The molecule has 0 aliphatic rings. The van der Waals surface area contributed by atoms with Crippen molar-refractivity contribution in [1.82, 2.24) is 0 Å². The van der Waals surface area contributed by atoms with Crippen LogP contribution in [0.25, 0.3) is 0 Å². The molecule has 4 heteroatoms. The van der Waals surface area contributed by atoms with E-state index in [1.54, 1.807) is 12.1 Å². The molecule has 2 aromatic rings. The van der Waals surface area contributed by atoms with E-state index < -0.39 is 0 Å². The Labute approximate surface area is 127 Å². The number of hydrogen-bond donors (Lipinski definition) is 2. The number of halogens is 1. The molecule has 0 spiro atoms. The monoisotopic (exact) mass is 332 g/mol. The zero-order valence-corrected chi connectivity index (χ0v) is 13.3. The molecule has 0 atom stereocenters. The number of nitrogens with one attached hydrogen (secondary N) is 1. The summed E-state index contributed by atoms with van der Waals surface area (Å²) in [5.74, 6) is -0.181. The van der Waals surface area contributed by atoms with E-state index in [0.717, 1.165) is 26.9 Å². The highest BCUT2D eigenvalue weighted by molar-refractivity contribution is 9.10. The van der Waals surface area contributed by atoms with Crippen LogP contribution in [-0.4, -0.2) is 5.91 Å². The van der Waals surface area contributed by atoms with Crippen LogP contribution in [0, 0.1) is 20.8 Å². The fourth-order valence-corrected chi connectivity index (χ4v) is 2.84. The van der Waals surface area contributed by atoms with Crippen LogP contribution in [0.2, 0.25) is 0 Å². The van der Waals surface area contributed by atoms with E-state index in [-0.39, 0.29) is 5.91 Å². The Bertz CT molecular complexity index is 657. The first kappa shape index (κ1) is 14.6. The maximum atomic E-state index is 12.4. The second-order valence-corrected chi connectivity index (χ2v) is 5.88. The van der Waals surface area contributed by atoms with Crippen molar-refractivity contribution in [1.29, 1.82) is 0 Å². The Hall–Kier alpha value is -1.81. The van der Waals surface area contributed by atoms with Crippen LogP contribution in [0.3, 0.4) is 0 Å². The Morgan fingerprint density at radius 3 is 2.30 bits per heavy atom. The molecule has 104 valence electrons. The Kier molecular flexibility index (Phi) is 4.14. The summed E-state index contributed by atoms with van der Waals surface area (Å²) in [5.41, 5.74) is 10.7. The number of nitrogens with two attached hydrogens (primary N) is 1. The molecule has 0 heterocycles.